The summed E-state index contributed by atoms with van der Waals surface area (Å²) in [5.41, 5.74) is 3.36. The molecule has 0 bridgehead atoms. The molecule has 0 saturated carbocycles. The molecule has 1 N–H and O–H groups in total. The number of nitrogens with one attached hydrogen (secondary N) is 1. The largest absolute Gasteiger partial charge is 0.314 e. The number of aryl methyl sites for hydroxylation is 2. The monoisotopic (exact) mass is 264 g/mol. The van der Waals surface area contributed by atoms with Crippen molar-refractivity contribution in [3.63, 3.8) is 0 Å². The van der Waals surface area contributed by atoms with E-state index in [0.29, 0.717) is 0 Å². The van der Waals surface area contributed by atoms with Crippen LogP contribution in [0.15, 0.2) is 18.2 Å². The van der Waals surface area contributed by atoms with E-state index in [1.807, 2.05) is 18.8 Å². The summed E-state index contributed by atoms with van der Waals surface area (Å²) in [6.07, 6.45) is 0. The van der Waals surface area contributed by atoms with Gasteiger partial charge in [0, 0.05) is 30.8 Å². The Morgan fingerprint density at radius 1 is 1.33 bits per heavy atom. The number of carbonyl (C=O) groups excluding carboxylic acids is 1. The van der Waals surface area contributed by atoms with Gasteiger partial charge in [0.2, 0.25) is 5.91 Å². The first-order chi connectivity index (χ1) is 8.58. The van der Waals surface area contributed by atoms with Gasteiger partial charge < -0.3 is 10.2 Å². The average Bonchev–Trinajstić information content (AvgIpc) is 2.37. The van der Waals surface area contributed by atoms with E-state index >= 15 is 0 Å². The number of hydrogen-bond acceptors (Lipinski definition) is 3. The summed E-state index contributed by atoms with van der Waals surface area (Å²) in [5, 5.41) is 3.29. The maximum absolute atomic E-state index is 12.4. The summed E-state index contributed by atoms with van der Waals surface area (Å²) in [6, 6.07) is 6.19. The van der Waals surface area contributed by atoms with Crippen molar-refractivity contribution in [3.05, 3.63) is 29.3 Å². The summed E-state index contributed by atoms with van der Waals surface area (Å²) in [6.45, 7) is 5.04. The van der Waals surface area contributed by atoms with Crippen molar-refractivity contribution in [1.82, 2.24) is 5.32 Å². The second-order valence-electron chi connectivity index (χ2n) is 4.82. The molecule has 1 aliphatic heterocycles. The zero-order chi connectivity index (χ0) is 13.1. The molecule has 1 saturated heterocycles. The number of anilines is 1. The fourth-order valence-electron chi connectivity index (χ4n) is 2.23. The Hall–Kier alpha value is -1.00. The van der Waals surface area contributed by atoms with Gasteiger partial charge in [0.15, 0.2) is 0 Å². The smallest absolute Gasteiger partial charge is 0.244 e. The van der Waals surface area contributed by atoms with Crippen LogP contribution in [0.2, 0.25) is 0 Å². The molecule has 1 aromatic rings. The molecule has 1 aromatic carbocycles. The first-order valence-corrected chi connectivity index (χ1v) is 7.40. The highest BCUT2D eigenvalue weighted by Crippen LogP contribution is 2.19. The number of carbonyl (C=O) groups is 1. The van der Waals surface area contributed by atoms with Gasteiger partial charge in [0.05, 0.1) is 6.04 Å². The molecule has 1 atom stereocenters. The molecule has 3 nitrogen and oxygen atoms in total. The van der Waals surface area contributed by atoms with Crippen molar-refractivity contribution in [2.24, 2.45) is 0 Å². The summed E-state index contributed by atoms with van der Waals surface area (Å²) < 4.78 is 0. The minimum atomic E-state index is -0.0467. The number of rotatable bonds is 2. The zero-order valence-corrected chi connectivity index (χ0v) is 12.0. The number of amides is 1. The van der Waals surface area contributed by atoms with Crippen LogP contribution in [0.3, 0.4) is 0 Å². The van der Waals surface area contributed by atoms with E-state index in [-0.39, 0.29) is 11.9 Å². The molecule has 0 aromatic heterocycles. The van der Waals surface area contributed by atoms with Crippen LogP contribution in [0.4, 0.5) is 5.69 Å². The van der Waals surface area contributed by atoms with Crippen molar-refractivity contribution < 1.29 is 4.79 Å². The van der Waals surface area contributed by atoms with Crippen molar-refractivity contribution in [2.45, 2.75) is 19.9 Å². The van der Waals surface area contributed by atoms with Crippen molar-refractivity contribution in [2.75, 3.05) is 30.0 Å². The molecule has 1 aliphatic rings. The standard InChI is InChI=1S/C14H20N2OS/c1-10-6-11(2)8-12(7-10)16(3)14(17)13-9-18-5-4-15-13/h6-8,13,15H,4-5,9H2,1-3H3. The maximum atomic E-state index is 12.4. The highest BCUT2D eigenvalue weighted by molar-refractivity contribution is 7.99. The molecule has 1 heterocycles. The predicted molar refractivity (Wildman–Crippen MR) is 78.4 cm³/mol. The minimum absolute atomic E-state index is 0.0467. The van der Waals surface area contributed by atoms with Gasteiger partial charge in [-0.05, 0) is 37.1 Å². The van der Waals surface area contributed by atoms with E-state index in [1.165, 1.54) is 11.1 Å². The van der Waals surface area contributed by atoms with Gasteiger partial charge in [-0.3, -0.25) is 4.79 Å². The summed E-state index contributed by atoms with van der Waals surface area (Å²) in [7, 11) is 1.86. The highest BCUT2D eigenvalue weighted by Gasteiger charge is 2.24. The maximum Gasteiger partial charge on any atom is 0.244 e. The SMILES string of the molecule is Cc1cc(C)cc(N(C)C(=O)C2CSCCN2)c1. The Bertz CT molecular complexity index is 421. The molecule has 18 heavy (non-hydrogen) atoms. The van der Waals surface area contributed by atoms with Crippen LogP contribution in [0.25, 0.3) is 0 Å². The second-order valence-corrected chi connectivity index (χ2v) is 5.97. The molecule has 4 heteroatoms. The molecule has 1 unspecified atom stereocenters. The Morgan fingerprint density at radius 3 is 2.56 bits per heavy atom. The van der Waals surface area contributed by atoms with E-state index < -0.39 is 0 Å². The third kappa shape index (κ3) is 3.06. The fourth-order valence-corrected chi connectivity index (χ4v) is 3.15. The van der Waals surface area contributed by atoms with Crippen LogP contribution in [0.1, 0.15) is 11.1 Å². The zero-order valence-electron chi connectivity index (χ0n) is 11.2. The Kier molecular flexibility index (Phi) is 4.30. The minimum Gasteiger partial charge on any atom is -0.314 e. The lowest BCUT2D eigenvalue weighted by atomic mass is 10.1. The van der Waals surface area contributed by atoms with Crippen LogP contribution in [-0.2, 0) is 4.79 Å². The third-order valence-electron chi connectivity index (χ3n) is 3.14. The number of nitrogens with zero attached hydrogens (tertiary/aromatic N) is 1. The molecule has 1 amide bonds. The predicted octanol–water partition coefficient (Wildman–Crippen LogP) is 1.97. The van der Waals surface area contributed by atoms with Gasteiger partial charge >= 0.3 is 0 Å². The molecule has 0 radical (unpaired) electrons. The number of thioether (sulfide) groups is 1. The summed E-state index contributed by atoms with van der Waals surface area (Å²) >= 11 is 1.84. The van der Waals surface area contributed by atoms with Gasteiger partial charge in [-0.1, -0.05) is 6.07 Å². The number of likely N-dealkylation sites (N-methyl/N-ethyl adjacent to an activating group) is 1. The normalized spacial score (nSPS) is 19.6. The van der Waals surface area contributed by atoms with Crippen LogP contribution in [0.5, 0.6) is 0 Å². The lowest BCUT2D eigenvalue weighted by Crippen LogP contribution is -2.49. The Labute approximate surface area is 113 Å². The highest BCUT2D eigenvalue weighted by atomic mass is 32.2. The van der Waals surface area contributed by atoms with Gasteiger partial charge in [0.25, 0.3) is 0 Å². The Balaban J connectivity index is 2.14. The fraction of sp³-hybridized carbons (Fsp3) is 0.500. The molecule has 0 spiro atoms. The molecular formula is C14H20N2OS. The van der Waals surface area contributed by atoms with E-state index in [4.69, 9.17) is 0 Å². The topological polar surface area (TPSA) is 32.3 Å². The summed E-state index contributed by atoms with van der Waals surface area (Å²) in [4.78, 5) is 14.1. The number of benzene rings is 1. The quantitative estimate of drug-likeness (QED) is 0.886. The van der Waals surface area contributed by atoms with Crippen LogP contribution in [-0.4, -0.2) is 37.0 Å². The first-order valence-electron chi connectivity index (χ1n) is 6.25. The van der Waals surface area contributed by atoms with E-state index in [9.17, 15) is 4.79 Å². The van der Waals surface area contributed by atoms with Gasteiger partial charge in [0.1, 0.15) is 0 Å². The van der Waals surface area contributed by atoms with Crippen LogP contribution >= 0.6 is 11.8 Å². The van der Waals surface area contributed by atoms with Crippen molar-refractivity contribution in [3.8, 4) is 0 Å². The lowest BCUT2D eigenvalue weighted by molar-refractivity contribution is -0.119. The van der Waals surface area contributed by atoms with Gasteiger partial charge in [-0.15, -0.1) is 0 Å². The molecule has 0 aliphatic carbocycles. The lowest BCUT2D eigenvalue weighted by Gasteiger charge is -2.27. The van der Waals surface area contributed by atoms with E-state index in [0.717, 1.165) is 23.7 Å². The Morgan fingerprint density at radius 2 is 2.00 bits per heavy atom. The van der Waals surface area contributed by atoms with Crippen molar-refractivity contribution in [1.29, 1.82) is 0 Å². The number of hydrogen-bond donors (Lipinski definition) is 1. The van der Waals surface area contributed by atoms with E-state index in [1.54, 1.807) is 4.90 Å². The average molecular weight is 264 g/mol. The van der Waals surface area contributed by atoms with Gasteiger partial charge in [-0.25, -0.2) is 0 Å². The molecule has 2 rings (SSSR count). The summed E-state index contributed by atoms with van der Waals surface area (Å²) in [5.74, 6) is 2.12. The molecular weight excluding hydrogens is 244 g/mol. The van der Waals surface area contributed by atoms with Crippen molar-refractivity contribution >= 4 is 23.4 Å². The molecule has 98 valence electrons. The van der Waals surface area contributed by atoms with Crippen LogP contribution < -0.4 is 10.2 Å². The van der Waals surface area contributed by atoms with Crippen LogP contribution in [0, 0.1) is 13.8 Å². The first kappa shape index (κ1) is 13.4. The van der Waals surface area contributed by atoms with Gasteiger partial charge in [-0.2, -0.15) is 11.8 Å². The second kappa shape index (κ2) is 5.76. The van der Waals surface area contributed by atoms with E-state index in [2.05, 4.69) is 37.4 Å². The third-order valence-corrected chi connectivity index (χ3v) is 4.21. The molecule has 1 fully saturated rings.